The maximum Gasteiger partial charge on any atom is 0.261 e. The van der Waals surface area contributed by atoms with E-state index < -0.39 is 0 Å². The van der Waals surface area contributed by atoms with Gasteiger partial charge in [-0.25, -0.2) is 0 Å². The number of pyridine rings is 1. The molecular formula is C14H12BrN3O2S. The number of halogens is 1. The average molecular weight is 366 g/mol. The molecule has 2 rings (SSSR count). The fourth-order valence-corrected chi connectivity index (χ4v) is 2.16. The van der Waals surface area contributed by atoms with Crippen molar-refractivity contribution in [2.45, 2.75) is 6.54 Å². The summed E-state index contributed by atoms with van der Waals surface area (Å²) < 4.78 is 2.18. The largest absolute Gasteiger partial charge is 0.389 e. The predicted octanol–water partition coefficient (Wildman–Crippen LogP) is 1.88. The van der Waals surface area contributed by atoms with Crippen LogP contribution in [0, 0.1) is 0 Å². The van der Waals surface area contributed by atoms with Crippen LogP contribution in [0.2, 0.25) is 0 Å². The fourth-order valence-electron chi connectivity index (χ4n) is 1.74. The van der Waals surface area contributed by atoms with Gasteiger partial charge < -0.3 is 15.6 Å². The van der Waals surface area contributed by atoms with Gasteiger partial charge in [0.25, 0.3) is 5.56 Å². The van der Waals surface area contributed by atoms with Crippen LogP contribution in [0.1, 0.15) is 5.56 Å². The van der Waals surface area contributed by atoms with Crippen molar-refractivity contribution in [1.82, 2.24) is 4.57 Å². The molecule has 0 aliphatic rings. The molecule has 1 amide bonds. The van der Waals surface area contributed by atoms with E-state index in [0.29, 0.717) is 5.69 Å². The molecule has 0 aliphatic heterocycles. The molecule has 0 saturated carbocycles. The number of nitrogens with two attached hydrogens (primary N) is 1. The van der Waals surface area contributed by atoms with Gasteiger partial charge in [-0.1, -0.05) is 28.1 Å². The number of aromatic nitrogens is 1. The van der Waals surface area contributed by atoms with Crippen LogP contribution in [0.25, 0.3) is 0 Å². The number of carbonyl (C=O) groups is 1. The number of nitrogens with one attached hydrogen (secondary N) is 1. The molecule has 0 bridgehead atoms. The van der Waals surface area contributed by atoms with Gasteiger partial charge in [0, 0.05) is 16.4 Å². The lowest BCUT2D eigenvalue weighted by Crippen LogP contribution is -2.32. The normalized spacial score (nSPS) is 10.1. The van der Waals surface area contributed by atoms with Gasteiger partial charge in [0.2, 0.25) is 5.91 Å². The molecular weight excluding hydrogens is 354 g/mol. The third kappa shape index (κ3) is 3.99. The maximum atomic E-state index is 12.1. The minimum absolute atomic E-state index is 0.0164. The first-order valence-corrected chi connectivity index (χ1v) is 7.22. The predicted molar refractivity (Wildman–Crippen MR) is 89.4 cm³/mol. The van der Waals surface area contributed by atoms with Crippen molar-refractivity contribution < 1.29 is 4.79 Å². The number of thiocarbonyl (C=S) groups is 1. The molecule has 0 saturated heterocycles. The van der Waals surface area contributed by atoms with E-state index in [2.05, 4.69) is 21.2 Å². The molecule has 21 heavy (non-hydrogen) atoms. The summed E-state index contributed by atoms with van der Waals surface area (Å²) in [5.74, 6) is -0.306. The highest BCUT2D eigenvalue weighted by Crippen LogP contribution is 2.13. The third-order valence-electron chi connectivity index (χ3n) is 2.73. The number of carbonyl (C=O) groups excluding carboxylic acids is 1. The second kappa shape index (κ2) is 6.64. The van der Waals surface area contributed by atoms with Gasteiger partial charge in [0.1, 0.15) is 11.5 Å². The molecule has 0 spiro atoms. The van der Waals surface area contributed by atoms with Crippen molar-refractivity contribution in [2.75, 3.05) is 5.32 Å². The first kappa shape index (κ1) is 15.4. The van der Waals surface area contributed by atoms with E-state index in [1.165, 1.54) is 16.8 Å². The summed E-state index contributed by atoms with van der Waals surface area (Å²) in [7, 11) is 0. The molecule has 0 unspecified atom stereocenters. The molecule has 0 fully saturated rings. The molecule has 108 valence electrons. The Morgan fingerprint density at radius 2 is 1.95 bits per heavy atom. The summed E-state index contributed by atoms with van der Waals surface area (Å²) in [6, 6.07) is 10.3. The summed E-state index contributed by atoms with van der Waals surface area (Å²) in [6.45, 7) is -0.106. The van der Waals surface area contributed by atoms with Gasteiger partial charge in [-0.15, -0.1) is 0 Å². The molecule has 3 N–H and O–H groups in total. The molecule has 0 aliphatic carbocycles. The molecule has 1 aromatic heterocycles. The Hall–Kier alpha value is -1.99. The van der Waals surface area contributed by atoms with Gasteiger partial charge in [0.05, 0.1) is 5.56 Å². The number of rotatable bonds is 4. The van der Waals surface area contributed by atoms with Crippen molar-refractivity contribution in [3.8, 4) is 0 Å². The summed E-state index contributed by atoms with van der Waals surface area (Å²) in [6.07, 6.45) is 1.52. The Kier molecular flexibility index (Phi) is 4.87. The third-order valence-corrected chi connectivity index (χ3v) is 3.48. The molecule has 7 heteroatoms. The highest BCUT2D eigenvalue weighted by molar-refractivity contribution is 9.10. The summed E-state index contributed by atoms with van der Waals surface area (Å²) >= 11 is 8.11. The molecule has 0 radical (unpaired) electrons. The van der Waals surface area contributed by atoms with Gasteiger partial charge in [-0.2, -0.15) is 0 Å². The standard InChI is InChI=1S/C14H12BrN3O2S/c15-9-3-5-10(6-4-9)17-12(19)8-18-7-1-2-11(13(16)21)14(18)20/h1-7H,8H2,(H2,16,21)(H,17,19). The highest BCUT2D eigenvalue weighted by Gasteiger charge is 2.09. The minimum Gasteiger partial charge on any atom is -0.389 e. The number of anilines is 1. The second-order valence-electron chi connectivity index (χ2n) is 4.27. The van der Waals surface area contributed by atoms with Gasteiger partial charge in [0.15, 0.2) is 0 Å². The topological polar surface area (TPSA) is 77.1 Å². The van der Waals surface area contributed by atoms with Crippen LogP contribution in [0.3, 0.4) is 0 Å². The quantitative estimate of drug-likeness (QED) is 0.811. The smallest absolute Gasteiger partial charge is 0.261 e. The van der Waals surface area contributed by atoms with Crippen LogP contribution < -0.4 is 16.6 Å². The van der Waals surface area contributed by atoms with E-state index >= 15 is 0 Å². The molecule has 1 heterocycles. The summed E-state index contributed by atoms with van der Waals surface area (Å²) in [4.78, 5) is 24.0. The number of benzene rings is 1. The second-order valence-corrected chi connectivity index (χ2v) is 5.63. The van der Waals surface area contributed by atoms with E-state index in [4.69, 9.17) is 18.0 Å². The van der Waals surface area contributed by atoms with Crippen molar-refractivity contribution in [3.05, 3.63) is 63.0 Å². The van der Waals surface area contributed by atoms with Crippen molar-refractivity contribution in [3.63, 3.8) is 0 Å². The Balaban J connectivity index is 2.13. The Bertz CT molecular complexity index is 741. The fraction of sp³-hybridized carbons (Fsp3) is 0.0714. The van der Waals surface area contributed by atoms with E-state index in [1.807, 2.05) is 12.1 Å². The number of nitrogens with zero attached hydrogens (tertiary/aromatic N) is 1. The average Bonchev–Trinajstić information content (AvgIpc) is 2.43. The van der Waals surface area contributed by atoms with Crippen LogP contribution in [0.15, 0.2) is 51.9 Å². The van der Waals surface area contributed by atoms with E-state index in [9.17, 15) is 9.59 Å². The first-order valence-electron chi connectivity index (χ1n) is 6.02. The summed E-state index contributed by atoms with van der Waals surface area (Å²) in [5, 5.41) is 2.71. The molecule has 1 aromatic carbocycles. The molecule has 0 atom stereocenters. The van der Waals surface area contributed by atoms with Crippen LogP contribution in [0.4, 0.5) is 5.69 Å². The zero-order valence-electron chi connectivity index (χ0n) is 10.9. The van der Waals surface area contributed by atoms with Crippen molar-refractivity contribution >= 4 is 44.7 Å². The monoisotopic (exact) mass is 365 g/mol. The van der Waals surface area contributed by atoms with Crippen LogP contribution in [-0.4, -0.2) is 15.5 Å². The van der Waals surface area contributed by atoms with Gasteiger partial charge in [-0.3, -0.25) is 9.59 Å². The number of hydrogen-bond donors (Lipinski definition) is 2. The van der Waals surface area contributed by atoms with Crippen LogP contribution in [-0.2, 0) is 11.3 Å². The van der Waals surface area contributed by atoms with Crippen molar-refractivity contribution in [2.24, 2.45) is 5.73 Å². The zero-order chi connectivity index (χ0) is 15.4. The van der Waals surface area contributed by atoms with E-state index in [1.54, 1.807) is 18.2 Å². The van der Waals surface area contributed by atoms with E-state index in [0.717, 1.165) is 4.47 Å². The van der Waals surface area contributed by atoms with Crippen LogP contribution >= 0.6 is 28.1 Å². The lowest BCUT2D eigenvalue weighted by Gasteiger charge is -2.08. The highest BCUT2D eigenvalue weighted by atomic mass is 79.9. The first-order chi connectivity index (χ1) is 9.97. The van der Waals surface area contributed by atoms with Crippen LogP contribution in [0.5, 0.6) is 0 Å². The SMILES string of the molecule is NC(=S)c1cccn(CC(=O)Nc2ccc(Br)cc2)c1=O. The number of amides is 1. The van der Waals surface area contributed by atoms with E-state index in [-0.39, 0.29) is 28.6 Å². The maximum absolute atomic E-state index is 12.1. The Morgan fingerprint density at radius 3 is 2.57 bits per heavy atom. The lowest BCUT2D eigenvalue weighted by atomic mass is 10.2. The zero-order valence-corrected chi connectivity index (χ0v) is 13.3. The summed E-state index contributed by atoms with van der Waals surface area (Å²) in [5.41, 5.74) is 5.97. The minimum atomic E-state index is -0.379. The lowest BCUT2D eigenvalue weighted by molar-refractivity contribution is -0.116. The molecule has 5 nitrogen and oxygen atoms in total. The Morgan fingerprint density at radius 1 is 1.29 bits per heavy atom. The molecule has 2 aromatic rings. The number of hydrogen-bond acceptors (Lipinski definition) is 3. The van der Waals surface area contributed by atoms with Gasteiger partial charge in [-0.05, 0) is 36.4 Å². The van der Waals surface area contributed by atoms with Gasteiger partial charge >= 0.3 is 0 Å². The Labute approximate surface area is 134 Å². The van der Waals surface area contributed by atoms with Crippen molar-refractivity contribution in [1.29, 1.82) is 0 Å².